The lowest BCUT2D eigenvalue weighted by Crippen LogP contribution is -2.46. The van der Waals surface area contributed by atoms with Crippen LogP contribution in [0.1, 0.15) is 34.9 Å². The summed E-state index contributed by atoms with van der Waals surface area (Å²) in [6.45, 7) is 2.90. The molecule has 0 aliphatic carbocycles. The smallest absolute Gasteiger partial charge is 0.289 e. The molecule has 210 valence electrons. The standard InChI is InChI=1S/C36H33N3O3/c1-27-25-42-34(35(40)39(27)23-28-18-20-33(41-2)21-19-28)22-32-24-38(26-37-32)36(29-12-6-3-7-13-29,30-14-8-4-9-15-30)31-16-10-5-11-17-31/h3-22,24,26-27H,23,25H2,1-2H3/b34-22-/t27-/m0/s1. The number of methoxy groups -OCH3 is 1. The monoisotopic (exact) mass is 555 g/mol. The Morgan fingerprint density at radius 3 is 1.93 bits per heavy atom. The Bertz CT molecular complexity index is 1570. The topological polar surface area (TPSA) is 56.6 Å². The van der Waals surface area contributed by atoms with Crippen molar-refractivity contribution in [2.75, 3.05) is 13.7 Å². The number of benzene rings is 4. The molecule has 1 aromatic heterocycles. The van der Waals surface area contributed by atoms with Gasteiger partial charge in [-0.15, -0.1) is 0 Å². The Labute approximate surface area is 246 Å². The Morgan fingerprint density at radius 2 is 1.40 bits per heavy atom. The summed E-state index contributed by atoms with van der Waals surface area (Å²) in [7, 11) is 1.64. The van der Waals surface area contributed by atoms with E-state index in [9.17, 15) is 4.79 Å². The second kappa shape index (κ2) is 11.8. The van der Waals surface area contributed by atoms with E-state index in [2.05, 4.69) is 77.4 Å². The molecule has 1 fully saturated rings. The lowest BCUT2D eigenvalue weighted by Gasteiger charge is -2.37. The minimum atomic E-state index is -0.681. The Balaban J connectivity index is 1.39. The maximum atomic E-state index is 13.6. The molecule has 4 aromatic carbocycles. The molecule has 0 spiro atoms. The maximum Gasteiger partial charge on any atom is 0.289 e. The number of hydrogen-bond acceptors (Lipinski definition) is 4. The summed E-state index contributed by atoms with van der Waals surface area (Å²) in [6.07, 6.45) is 5.57. The van der Waals surface area contributed by atoms with Gasteiger partial charge in [0.2, 0.25) is 0 Å². The lowest BCUT2D eigenvalue weighted by atomic mass is 9.77. The minimum absolute atomic E-state index is 0.0591. The van der Waals surface area contributed by atoms with Crippen molar-refractivity contribution < 1.29 is 14.3 Å². The van der Waals surface area contributed by atoms with E-state index in [1.54, 1.807) is 13.2 Å². The highest BCUT2D eigenvalue weighted by Crippen LogP contribution is 2.41. The number of carbonyl (C=O) groups is 1. The van der Waals surface area contributed by atoms with Crippen molar-refractivity contribution in [3.8, 4) is 5.75 Å². The minimum Gasteiger partial charge on any atom is -0.497 e. The second-order valence-corrected chi connectivity index (χ2v) is 10.5. The molecule has 0 saturated carbocycles. The van der Waals surface area contributed by atoms with E-state index in [-0.39, 0.29) is 17.7 Å². The number of rotatable bonds is 8. The number of morpholine rings is 1. The summed E-state index contributed by atoms with van der Waals surface area (Å²) < 4.78 is 13.4. The average molecular weight is 556 g/mol. The van der Waals surface area contributed by atoms with Crippen LogP contribution in [0.2, 0.25) is 0 Å². The van der Waals surface area contributed by atoms with Gasteiger partial charge < -0.3 is 18.9 Å². The third-order valence-electron chi connectivity index (χ3n) is 7.84. The van der Waals surface area contributed by atoms with Crippen molar-refractivity contribution in [1.82, 2.24) is 14.5 Å². The highest BCUT2D eigenvalue weighted by Gasteiger charge is 2.38. The lowest BCUT2D eigenvalue weighted by molar-refractivity contribution is -0.139. The van der Waals surface area contributed by atoms with Crippen LogP contribution in [0, 0.1) is 0 Å². The fourth-order valence-electron chi connectivity index (χ4n) is 5.68. The molecule has 0 N–H and O–H groups in total. The molecule has 6 nitrogen and oxygen atoms in total. The first kappa shape index (κ1) is 27.1. The van der Waals surface area contributed by atoms with Crippen LogP contribution in [0.5, 0.6) is 5.75 Å². The van der Waals surface area contributed by atoms with E-state index in [4.69, 9.17) is 14.5 Å². The molecule has 1 aliphatic heterocycles. The predicted molar refractivity (Wildman–Crippen MR) is 164 cm³/mol. The van der Waals surface area contributed by atoms with Crippen molar-refractivity contribution in [1.29, 1.82) is 0 Å². The van der Waals surface area contributed by atoms with E-state index in [1.807, 2.05) is 66.8 Å². The molecule has 0 bridgehead atoms. The molecule has 5 aromatic rings. The van der Waals surface area contributed by atoms with Crippen LogP contribution in [0.15, 0.2) is 134 Å². The highest BCUT2D eigenvalue weighted by molar-refractivity contribution is 5.96. The number of carbonyl (C=O) groups excluding carboxylic acids is 1. The van der Waals surface area contributed by atoms with Gasteiger partial charge in [0.1, 0.15) is 17.9 Å². The summed E-state index contributed by atoms with van der Waals surface area (Å²) in [5.74, 6) is 0.921. The van der Waals surface area contributed by atoms with Gasteiger partial charge in [-0.05, 0) is 41.3 Å². The maximum absolute atomic E-state index is 13.6. The van der Waals surface area contributed by atoms with Gasteiger partial charge in [-0.25, -0.2) is 4.98 Å². The summed E-state index contributed by atoms with van der Waals surface area (Å²) in [6, 6.07) is 39.0. The molecule has 6 heteroatoms. The van der Waals surface area contributed by atoms with Crippen LogP contribution >= 0.6 is 0 Å². The van der Waals surface area contributed by atoms with Crippen molar-refractivity contribution in [3.05, 3.63) is 161 Å². The average Bonchev–Trinajstić information content (AvgIpc) is 3.51. The molecule has 0 radical (unpaired) electrons. The van der Waals surface area contributed by atoms with Crippen LogP contribution < -0.4 is 4.74 Å². The van der Waals surface area contributed by atoms with Crippen molar-refractivity contribution >= 4 is 12.0 Å². The highest BCUT2D eigenvalue weighted by atomic mass is 16.5. The molecule has 1 atom stereocenters. The fraction of sp³-hybridized carbons (Fsp3) is 0.167. The zero-order chi connectivity index (χ0) is 28.9. The van der Waals surface area contributed by atoms with E-state index >= 15 is 0 Å². The largest absolute Gasteiger partial charge is 0.497 e. The summed E-state index contributed by atoms with van der Waals surface area (Å²) in [5, 5.41) is 0. The molecule has 2 heterocycles. The van der Waals surface area contributed by atoms with Gasteiger partial charge >= 0.3 is 0 Å². The Morgan fingerprint density at radius 1 is 0.857 bits per heavy atom. The molecule has 0 unspecified atom stereocenters. The van der Waals surface area contributed by atoms with Crippen LogP contribution in [0.3, 0.4) is 0 Å². The van der Waals surface area contributed by atoms with Crippen molar-refractivity contribution in [2.45, 2.75) is 25.0 Å². The first-order chi connectivity index (χ1) is 20.6. The van der Waals surface area contributed by atoms with Crippen LogP contribution in [-0.2, 0) is 21.6 Å². The zero-order valence-electron chi connectivity index (χ0n) is 23.8. The second-order valence-electron chi connectivity index (χ2n) is 10.5. The molecule has 1 saturated heterocycles. The Hall–Kier alpha value is -5.10. The van der Waals surface area contributed by atoms with Crippen molar-refractivity contribution in [2.24, 2.45) is 0 Å². The van der Waals surface area contributed by atoms with Crippen molar-refractivity contribution in [3.63, 3.8) is 0 Å². The number of imidazole rings is 1. The SMILES string of the molecule is COc1ccc(CN2C(=O)/C(=C/c3cn(C(c4ccccc4)(c4ccccc4)c4ccccc4)cn3)OC[C@@H]2C)cc1. The third kappa shape index (κ3) is 5.07. The molecule has 1 aliphatic rings. The van der Waals surface area contributed by atoms with E-state index < -0.39 is 5.54 Å². The van der Waals surface area contributed by atoms with Crippen LogP contribution in [0.4, 0.5) is 0 Å². The summed E-state index contributed by atoms with van der Waals surface area (Å²) in [5.41, 5.74) is 4.29. The van der Waals surface area contributed by atoms with Gasteiger partial charge in [-0.1, -0.05) is 103 Å². The number of amides is 1. The van der Waals surface area contributed by atoms with Gasteiger partial charge in [0.05, 0.1) is 25.2 Å². The van der Waals surface area contributed by atoms with Gasteiger partial charge in [0.15, 0.2) is 5.76 Å². The molecule has 6 rings (SSSR count). The predicted octanol–water partition coefficient (Wildman–Crippen LogP) is 6.52. The number of hydrogen-bond donors (Lipinski definition) is 0. The quantitative estimate of drug-likeness (QED) is 0.162. The van der Waals surface area contributed by atoms with E-state index in [1.165, 1.54) is 0 Å². The number of ether oxygens (including phenoxy) is 2. The van der Waals surface area contributed by atoms with Gasteiger partial charge in [-0.2, -0.15) is 0 Å². The number of nitrogens with zero attached hydrogens (tertiary/aromatic N) is 3. The van der Waals surface area contributed by atoms with Crippen LogP contribution in [-0.4, -0.2) is 40.1 Å². The van der Waals surface area contributed by atoms with Gasteiger partial charge in [-0.3, -0.25) is 4.79 Å². The van der Waals surface area contributed by atoms with E-state index in [0.29, 0.717) is 18.8 Å². The van der Waals surface area contributed by atoms with Gasteiger partial charge in [0.25, 0.3) is 5.91 Å². The zero-order valence-corrected chi connectivity index (χ0v) is 23.8. The first-order valence-corrected chi connectivity index (χ1v) is 14.1. The molecule has 42 heavy (non-hydrogen) atoms. The Kier molecular flexibility index (Phi) is 7.60. The molecular formula is C36H33N3O3. The van der Waals surface area contributed by atoms with E-state index in [0.717, 1.165) is 28.0 Å². The first-order valence-electron chi connectivity index (χ1n) is 14.1. The molecule has 1 amide bonds. The summed E-state index contributed by atoms with van der Waals surface area (Å²) >= 11 is 0. The molecular weight excluding hydrogens is 522 g/mol. The third-order valence-corrected chi connectivity index (χ3v) is 7.84. The normalized spacial score (nSPS) is 16.3. The fourth-order valence-corrected chi connectivity index (χ4v) is 5.68. The van der Waals surface area contributed by atoms with Crippen LogP contribution in [0.25, 0.3) is 6.08 Å². The van der Waals surface area contributed by atoms with Gasteiger partial charge in [0, 0.05) is 18.8 Å². The summed E-state index contributed by atoms with van der Waals surface area (Å²) in [4.78, 5) is 20.2. The number of aromatic nitrogens is 2.